The van der Waals surface area contributed by atoms with Crippen molar-refractivity contribution in [3.63, 3.8) is 0 Å². The highest BCUT2D eigenvalue weighted by molar-refractivity contribution is 6.09. The summed E-state index contributed by atoms with van der Waals surface area (Å²) in [6.07, 6.45) is 1.63. The first-order valence-corrected chi connectivity index (χ1v) is 5.85. The number of methoxy groups -OCH3 is 2. The number of carbonyl (C=O) groups excluding carboxylic acids is 1. The van der Waals surface area contributed by atoms with Crippen LogP contribution in [0.15, 0.2) is 36.5 Å². The van der Waals surface area contributed by atoms with Gasteiger partial charge in [0.1, 0.15) is 0 Å². The molecule has 4 nitrogen and oxygen atoms in total. The number of carbonyl (C=O) groups is 1. The molecule has 2 aromatic rings. The van der Waals surface area contributed by atoms with Gasteiger partial charge in [0.2, 0.25) is 0 Å². The topological polar surface area (TPSA) is 48.4 Å². The van der Waals surface area contributed by atoms with Crippen molar-refractivity contribution in [1.29, 1.82) is 0 Å². The molecule has 1 aromatic heterocycles. The van der Waals surface area contributed by atoms with E-state index >= 15 is 0 Å². The summed E-state index contributed by atoms with van der Waals surface area (Å²) in [4.78, 5) is 16.4. The van der Waals surface area contributed by atoms with Crippen LogP contribution in [0.1, 0.15) is 21.6 Å². The van der Waals surface area contributed by atoms with Gasteiger partial charge in [-0.05, 0) is 37.3 Å². The summed E-state index contributed by atoms with van der Waals surface area (Å²) in [6.45, 7) is 1.85. The largest absolute Gasteiger partial charge is 0.493 e. The zero-order valence-corrected chi connectivity index (χ0v) is 11.1. The number of benzene rings is 1. The minimum atomic E-state index is -0.0635. The number of ether oxygens (including phenoxy) is 2. The number of hydrogen-bond donors (Lipinski definition) is 0. The molecule has 0 radical (unpaired) electrons. The van der Waals surface area contributed by atoms with Crippen LogP contribution in [0.3, 0.4) is 0 Å². The van der Waals surface area contributed by atoms with Crippen LogP contribution in [0.2, 0.25) is 0 Å². The maximum atomic E-state index is 12.3. The zero-order valence-electron chi connectivity index (χ0n) is 11.1. The molecule has 0 spiro atoms. The van der Waals surface area contributed by atoms with Gasteiger partial charge in [-0.1, -0.05) is 0 Å². The summed E-state index contributed by atoms with van der Waals surface area (Å²) in [5.41, 5.74) is 1.98. The summed E-state index contributed by atoms with van der Waals surface area (Å²) in [5, 5.41) is 0. The highest BCUT2D eigenvalue weighted by atomic mass is 16.5. The van der Waals surface area contributed by atoms with Gasteiger partial charge in [0.15, 0.2) is 17.3 Å². The number of aryl methyl sites for hydroxylation is 1. The number of ketones is 1. The summed E-state index contributed by atoms with van der Waals surface area (Å²) in [6, 6.07) is 8.58. The Morgan fingerprint density at radius 3 is 2.32 bits per heavy atom. The van der Waals surface area contributed by atoms with Gasteiger partial charge in [0, 0.05) is 23.0 Å². The highest BCUT2D eigenvalue weighted by Crippen LogP contribution is 2.28. The number of rotatable bonds is 4. The second kappa shape index (κ2) is 5.52. The first-order valence-electron chi connectivity index (χ1n) is 5.85. The van der Waals surface area contributed by atoms with Crippen LogP contribution in [0.25, 0.3) is 0 Å². The number of pyridine rings is 1. The van der Waals surface area contributed by atoms with Crippen molar-refractivity contribution in [2.45, 2.75) is 6.92 Å². The Kier molecular flexibility index (Phi) is 3.80. The molecule has 98 valence electrons. The van der Waals surface area contributed by atoms with Crippen molar-refractivity contribution in [3.8, 4) is 11.5 Å². The van der Waals surface area contributed by atoms with E-state index in [-0.39, 0.29) is 5.78 Å². The zero-order chi connectivity index (χ0) is 13.8. The molecule has 1 aromatic carbocycles. The van der Waals surface area contributed by atoms with E-state index in [1.54, 1.807) is 50.7 Å². The van der Waals surface area contributed by atoms with Crippen molar-refractivity contribution in [2.75, 3.05) is 14.2 Å². The monoisotopic (exact) mass is 257 g/mol. The predicted octanol–water partition coefficient (Wildman–Crippen LogP) is 2.64. The van der Waals surface area contributed by atoms with Gasteiger partial charge in [-0.3, -0.25) is 9.78 Å². The summed E-state index contributed by atoms with van der Waals surface area (Å²) < 4.78 is 10.3. The predicted molar refractivity (Wildman–Crippen MR) is 72.0 cm³/mol. The first kappa shape index (κ1) is 13.1. The van der Waals surface area contributed by atoms with E-state index in [2.05, 4.69) is 4.98 Å². The molecular formula is C15H15NO3. The normalized spacial score (nSPS) is 10.1. The molecular weight excluding hydrogens is 242 g/mol. The molecule has 19 heavy (non-hydrogen) atoms. The second-order valence-electron chi connectivity index (χ2n) is 4.08. The van der Waals surface area contributed by atoms with Crippen LogP contribution < -0.4 is 9.47 Å². The smallest absolute Gasteiger partial charge is 0.193 e. The average Bonchev–Trinajstić information content (AvgIpc) is 2.45. The van der Waals surface area contributed by atoms with Gasteiger partial charge in [-0.15, -0.1) is 0 Å². The lowest BCUT2D eigenvalue weighted by Crippen LogP contribution is -2.03. The van der Waals surface area contributed by atoms with E-state index in [0.717, 1.165) is 5.69 Å². The van der Waals surface area contributed by atoms with E-state index in [1.807, 2.05) is 6.92 Å². The van der Waals surface area contributed by atoms with Crippen LogP contribution in [-0.2, 0) is 0 Å². The fraction of sp³-hybridized carbons (Fsp3) is 0.200. The number of aromatic nitrogens is 1. The molecule has 0 bridgehead atoms. The van der Waals surface area contributed by atoms with Gasteiger partial charge >= 0.3 is 0 Å². The molecule has 0 atom stereocenters. The summed E-state index contributed by atoms with van der Waals surface area (Å²) in [7, 11) is 3.11. The van der Waals surface area contributed by atoms with Crippen molar-refractivity contribution >= 4 is 5.78 Å². The van der Waals surface area contributed by atoms with Crippen LogP contribution >= 0.6 is 0 Å². The third-order valence-corrected chi connectivity index (χ3v) is 2.80. The standard InChI is InChI=1S/C15H15NO3/c1-10-8-12(6-7-16-10)15(17)11-4-5-13(18-2)14(9-11)19-3/h4-9H,1-3H3. The molecule has 2 rings (SSSR count). The Morgan fingerprint density at radius 2 is 1.68 bits per heavy atom. The lowest BCUT2D eigenvalue weighted by atomic mass is 10.0. The molecule has 1 heterocycles. The minimum Gasteiger partial charge on any atom is -0.493 e. The Hall–Kier alpha value is -2.36. The van der Waals surface area contributed by atoms with E-state index < -0.39 is 0 Å². The van der Waals surface area contributed by atoms with Gasteiger partial charge in [0.25, 0.3) is 0 Å². The lowest BCUT2D eigenvalue weighted by molar-refractivity contribution is 0.103. The van der Waals surface area contributed by atoms with Gasteiger partial charge in [-0.25, -0.2) is 0 Å². The summed E-state index contributed by atoms with van der Waals surface area (Å²) in [5.74, 6) is 1.08. The molecule has 0 aliphatic rings. The minimum absolute atomic E-state index is 0.0635. The molecule has 0 amide bonds. The van der Waals surface area contributed by atoms with Crippen molar-refractivity contribution in [2.24, 2.45) is 0 Å². The third-order valence-electron chi connectivity index (χ3n) is 2.80. The average molecular weight is 257 g/mol. The quantitative estimate of drug-likeness (QED) is 0.790. The third kappa shape index (κ3) is 2.73. The van der Waals surface area contributed by atoms with E-state index in [9.17, 15) is 4.79 Å². The van der Waals surface area contributed by atoms with Crippen molar-refractivity contribution < 1.29 is 14.3 Å². The first-order chi connectivity index (χ1) is 9.15. The SMILES string of the molecule is COc1ccc(C(=O)c2ccnc(C)c2)cc1OC. The molecule has 0 saturated carbocycles. The van der Waals surface area contributed by atoms with Gasteiger partial charge < -0.3 is 9.47 Å². The maximum absolute atomic E-state index is 12.3. The lowest BCUT2D eigenvalue weighted by Gasteiger charge is -2.09. The fourth-order valence-corrected chi connectivity index (χ4v) is 1.83. The molecule has 0 N–H and O–H groups in total. The second-order valence-corrected chi connectivity index (χ2v) is 4.08. The van der Waals surface area contributed by atoms with Gasteiger partial charge in [0.05, 0.1) is 14.2 Å². The van der Waals surface area contributed by atoms with Crippen molar-refractivity contribution in [3.05, 3.63) is 53.3 Å². The number of nitrogens with zero attached hydrogens (tertiary/aromatic N) is 1. The van der Waals surface area contributed by atoms with Crippen LogP contribution in [0.4, 0.5) is 0 Å². The van der Waals surface area contributed by atoms with Gasteiger partial charge in [-0.2, -0.15) is 0 Å². The van der Waals surface area contributed by atoms with E-state index in [4.69, 9.17) is 9.47 Å². The van der Waals surface area contributed by atoms with Crippen LogP contribution in [0.5, 0.6) is 11.5 Å². The molecule has 0 saturated heterocycles. The summed E-state index contributed by atoms with van der Waals surface area (Å²) >= 11 is 0. The molecule has 0 aliphatic heterocycles. The molecule has 0 aliphatic carbocycles. The van der Waals surface area contributed by atoms with E-state index in [0.29, 0.717) is 22.6 Å². The van der Waals surface area contributed by atoms with Crippen LogP contribution in [0, 0.1) is 6.92 Å². The Morgan fingerprint density at radius 1 is 1.00 bits per heavy atom. The maximum Gasteiger partial charge on any atom is 0.193 e. The van der Waals surface area contributed by atoms with Crippen molar-refractivity contribution in [1.82, 2.24) is 4.98 Å². The Balaban J connectivity index is 2.39. The Labute approximate surface area is 112 Å². The Bertz CT molecular complexity index is 608. The van der Waals surface area contributed by atoms with E-state index in [1.165, 1.54) is 0 Å². The van der Waals surface area contributed by atoms with Crippen LogP contribution in [-0.4, -0.2) is 25.0 Å². The fourth-order valence-electron chi connectivity index (χ4n) is 1.83. The number of hydrogen-bond acceptors (Lipinski definition) is 4. The molecule has 0 fully saturated rings. The molecule has 4 heteroatoms. The molecule has 0 unspecified atom stereocenters. The highest BCUT2D eigenvalue weighted by Gasteiger charge is 2.12.